The molecule has 0 fully saturated rings. The van der Waals surface area contributed by atoms with E-state index in [1.807, 2.05) is 73.7 Å². The summed E-state index contributed by atoms with van der Waals surface area (Å²) in [4.78, 5) is 22.7. The third-order valence-corrected chi connectivity index (χ3v) is 6.18. The molecule has 3 N–H and O–H groups in total. The van der Waals surface area contributed by atoms with Crippen LogP contribution < -0.4 is 20.7 Å². The zero-order chi connectivity index (χ0) is 25.1. The van der Waals surface area contributed by atoms with E-state index in [0.717, 1.165) is 11.1 Å². The van der Waals surface area contributed by atoms with Crippen LogP contribution in [0.2, 0.25) is 5.02 Å². The fraction of sp³-hybridized carbons (Fsp3) is 0.148. The van der Waals surface area contributed by atoms with Crippen LogP contribution in [-0.2, 0) is 11.3 Å². The highest BCUT2D eigenvalue weighted by Gasteiger charge is 2.31. The molecule has 1 aliphatic heterocycles. The molecule has 0 radical (unpaired) electrons. The number of para-hydroxylation sites is 3. The summed E-state index contributed by atoms with van der Waals surface area (Å²) >= 11 is 6.54. The molecule has 2 heterocycles. The number of aromatic nitrogens is 1. The minimum atomic E-state index is -0.649. The SMILES string of the molecule is COc1ccccc1CNC(=O)C1=C(C)NC(Nc2nc3ccccc3o2)=NC1c1ccccc1Cl. The third kappa shape index (κ3) is 4.76. The highest BCUT2D eigenvalue weighted by molar-refractivity contribution is 6.31. The van der Waals surface area contributed by atoms with Crippen molar-refractivity contribution in [3.05, 3.63) is 100 Å². The number of amides is 1. The van der Waals surface area contributed by atoms with Crippen LogP contribution >= 0.6 is 11.6 Å². The molecule has 0 aliphatic carbocycles. The number of fused-ring (bicyclic) bond motifs is 1. The summed E-state index contributed by atoms with van der Waals surface area (Å²) in [6, 6.07) is 22.0. The lowest BCUT2D eigenvalue weighted by atomic mass is 9.95. The minimum Gasteiger partial charge on any atom is -0.496 e. The molecule has 8 nitrogen and oxygen atoms in total. The fourth-order valence-corrected chi connectivity index (χ4v) is 4.34. The van der Waals surface area contributed by atoms with E-state index < -0.39 is 6.04 Å². The predicted octanol–water partition coefficient (Wildman–Crippen LogP) is 5.19. The molecule has 0 spiro atoms. The number of hydrogen-bond acceptors (Lipinski definition) is 7. The van der Waals surface area contributed by atoms with Gasteiger partial charge in [0.25, 0.3) is 5.91 Å². The molecule has 9 heteroatoms. The van der Waals surface area contributed by atoms with Crippen LogP contribution in [0.1, 0.15) is 24.1 Å². The number of ether oxygens (including phenoxy) is 1. The molecular formula is C27H24ClN5O3. The van der Waals surface area contributed by atoms with Crippen LogP contribution in [0.15, 0.2) is 93.5 Å². The van der Waals surface area contributed by atoms with Gasteiger partial charge in [-0.15, -0.1) is 0 Å². The molecule has 5 rings (SSSR count). The maximum atomic E-state index is 13.4. The lowest BCUT2D eigenvalue weighted by Crippen LogP contribution is -2.39. The van der Waals surface area contributed by atoms with E-state index in [-0.39, 0.29) is 11.9 Å². The van der Waals surface area contributed by atoms with Gasteiger partial charge in [-0.25, -0.2) is 4.99 Å². The standard InChI is InChI=1S/C27H24ClN5O3/c1-16-23(25(34)29-15-17-9-3-7-13-21(17)35-2)24(18-10-4-5-11-19(18)28)32-26(30-16)33-27-31-20-12-6-8-14-22(20)36-27/h3-14,24H,15H2,1-2H3,(H,29,34)(H2,30,31,32,33). The Morgan fingerprint density at radius 1 is 1.08 bits per heavy atom. The molecular weight excluding hydrogens is 478 g/mol. The Morgan fingerprint density at radius 2 is 1.83 bits per heavy atom. The zero-order valence-electron chi connectivity index (χ0n) is 19.7. The van der Waals surface area contributed by atoms with E-state index in [0.29, 0.717) is 45.7 Å². The van der Waals surface area contributed by atoms with E-state index in [1.54, 1.807) is 13.2 Å². The number of guanidine groups is 1. The second-order valence-corrected chi connectivity index (χ2v) is 8.58. The van der Waals surface area contributed by atoms with Crippen molar-refractivity contribution in [3.63, 3.8) is 0 Å². The molecule has 182 valence electrons. The number of allylic oxidation sites excluding steroid dienone is 1. The predicted molar refractivity (Wildman–Crippen MR) is 140 cm³/mol. The van der Waals surface area contributed by atoms with Gasteiger partial charge in [-0.2, -0.15) is 4.98 Å². The first kappa shape index (κ1) is 23.4. The second kappa shape index (κ2) is 10.1. The molecule has 1 amide bonds. The average molecular weight is 502 g/mol. The summed E-state index contributed by atoms with van der Waals surface area (Å²) in [6.07, 6.45) is 0. The zero-order valence-corrected chi connectivity index (χ0v) is 20.5. The normalized spacial score (nSPS) is 15.3. The van der Waals surface area contributed by atoms with Crippen LogP contribution in [-0.4, -0.2) is 24.0 Å². The Hall–Kier alpha value is -4.30. The summed E-state index contributed by atoms with van der Waals surface area (Å²) in [5, 5.41) is 9.76. The highest BCUT2D eigenvalue weighted by atomic mass is 35.5. The number of anilines is 1. The Morgan fingerprint density at radius 3 is 2.64 bits per heavy atom. The van der Waals surface area contributed by atoms with E-state index >= 15 is 0 Å². The van der Waals surface area contributed by atoms with E-state index in [9.17, 15) is 4.79 Å². The van der Waals surface area contributed by atoms with Crippen LogP contribution in [0, 0.1) is 0 Å². The van der Waals surface area contributed by atoms with Gasteiger partial charge in [-0.3, -0.25) is 10.1 Å². The first-order valence-corrected chi connectivity index (χ1v) is 11.7. The Labute approximate surface area is 213 Å². The first-order valence-electron chi connectivity index (χ1n) is 11.4. The van der Waals surface area contributed by atoms with Gasteiger partial charge < -0.3 is 19.8 Å². The lowest BCUT2D eigenvalue weighted by Gasteiger charge is -2.27. The molecule has 1 unspecified atom stereocenters. The Bertz CT molecular complexity index is 1460. The van der Waals surface area contributed by atoms with Gasteiger partial charge in [-0.05, 0) is 31.2 Å². The molecule has 36 heavy (non-hydrogen) atoms. The summed E-state index contributed by atoms with van der Waals surface area (Å²) in [5.74, 6) is 0.835. The summed E-state index contributed by atoms with van der Waals surface area (Å²) in [7, 11) is 1.60. The van der Waals surface area contributed by atoms with Crippen LogP contribution in [0.4, 0.5) is 6.01 Å². The fourth-order valence-electron chi connectivity index (χ4n) is 4.10. The number of aliphatic imine (C=N–C) groups is 1. The number of nitrogens with one attached hydrogen (secondary N) is 3. The number of benzene rings is 3. The molecule has 1 atom stereocenters. The van der Waals surface area contributed by atoms with Crippen molar-refractivity contribution in [2.45, 2.75) is 19.5 Å². The van der Waals surface area contributed by atoms with Crippen molar-refractivity contribution >= 4 is 40.6 Å². The molecule has 0 saturated heterocycles. The monoisotopic (exact) mass is 501 g/mol. The van der Waals surface area contributed by atoms with E-state index in [4.69, 9.17) is 25.7 Å². The van der Waals surface area contributed by atoms with Crippen molar-refractivity contribution < 1.29 is 13.9 Å². The maximum absolute atomic E-state index is 13.4. The number of rotatable bonds is 6. The Kier molecular flexibility index (Phi) is 6.60. The summed E-state index contributed by atoms with van der Waals surface area (Å²) < 4.78 is 11.2. The molecule has 4 aromatic rings. The van der Waals surface area contributed by atoms with Gasteiger partial charge in [0.1, 0.15) is 17.3 Å². The van der Waals surface area contributed by atoms with Gasteiger partial charge in [0.05, 0.1) is 12.7 Å². The topological polar surface area (TPSA) is 101 Å². The van der Waals surface area contributed by atoms with Crippen LogP contribution in [0.5, 0.6) is 5.75 Å². The third-order valence-electron chi connectivity index (χ3n) is 5.84. The Balaban J connectivity index is 1.44. The van der Waals surface area contributed by atoms with Crippen molar-refractivity contribution in [2.24, 2.45) is 4.99 Å². The van der Waals surface area contributed by atoms with Crippen molar-refractivity contribution in [2.75, 3.05) is 12.4 Å². The van der Waals surface area contributed by atoms with Crippen LogP contribution in [0.3, 0.4) is 0 Å². The number of carbonyl (C=O) groups excluding carboxylic acids is 1. The van der Waals surface area contributed by atoms with E-state index in [2.05, 4.69) is 20.9 Å². The van der Waals surface area contributed by atoms with Gasteiger partial charge in [0, 0.05) is 28.4 Å². The van der Waals surface area contributed by atoms with Gasteiger partial charge in [0.15, 0.2) is 5.58 Å². The molecule has 0 bridgehead atoms. The molecule has 1 aromatic heterocycles. The molecule has 3 aromatic carbocycles. The maximum Gasteiger partial charge on any atom is 0.302 e. The van der Waals surface area contributed by atoms with Gasteiger partial charge in [-0.1, -0.05) is 60.1 Å². The first-order chi connectivity index (χ1) is 17.5. The number of carbonyl (C=O) groups is 1. The number of halogens is 1. The van der Waals surface area contributed by atoms with Crippen molar-refractivity contribution in [1.82, 2.24) is 15.6 Å². The van der Waals surface area contributed by atoms with Gasteiger partial charge in [0.2, 0.25) is 5.96 Å². The average Bonchev–Trinajstić information content (AvgIpc) is 3.29. The van der Waals surface area contributed by atoms with Crippen molar-refractivity contribution in [3.8, 4) is 5.75 Å². The summed E-state index contributed by atoms with van der Waals surface area (Å²) in [5.41, 5.74) is 4.04. The number of nitrogens with zero attached hydrogens (tertiary/aromatic N) is 2. The lowest BCUT2D eigenvalue weighted by molar-refractivity contribution is -0.118. The molecule has 1 aliphatic rings. The largest absolute Gasteiger partial charge is 0.496 e. The number of oxazole rings is 1. The van der Waals surface area contributed by atoms with E-state index in [1.165, 1.54) is 0 Å². The highest BCUT2D eigenvalue weighted by Crippen LogP contribution is 2.35. The number of methoxy groups -OCH3 is 1. The smallest absolute Gasteiger partial charge is 0.302 e. The summed E-state index contributed by atoms with van der Waals surface area (Å²) in [6.45, 7) is 2.12. The minimum absolute atomic E-state index is 0.263. The van der Waals surface area contributed by atoms with Crippen LogP contribution in [0.25, 0.3) is 11.1 Å². The number of hydrogen-bond donors (Lipinski definition) is 3. The van der Waals surface area contributed by atoms with Crippen molar-refractivity contribution in [1.29, 1.82) is 0 Å². The molecule has 0 saturated carbocycles. The second-order valence-electron chi connectivity index (χ2n) is 8.17. The quantitative estimate of drug-likeness (QED) is 0.336. The van der Waals surface area contributed by atoms with Gasteiger partial charge >= 0.3 is 6.01 Å².